The summed E-state index contributed by atoms with van der Waals surface area (Å²) in [6.07, 6.45) is 0.837. The second-order valence-corrected chi connectivity index (χ2v) is 19.6. The van der Waals surface area contributed by atoms with E-state index in [4.69, 9.17) is 18.9 Å². The zero-order valence-corrected chi connectivity index (χ0v) is 43.5. The van der Waals surface area contributed by atoms with Crippen LogP contribution in [-0.2, 0) is 29.7 Å². The van der Waals surface area contributed by atoms with Crippen molar-refractivity contribution in [3.63, 3.8) is 0 Å². The maximum atomic E-state index is 14.4. The van der Waals surface area contributed by atoms with E-state index in [1.54, 1.807) is 12.1 Å². The van der Waals surface area contributed by atoms with Gasteiger partial charge in [-0.3, -0.25) is 9.59 Å². The maximum absolute atomic E-state index is 14.4. The largest absolute Gasteiger partial charge is 1.00 e. The quantitative estimate of drug-likeness (QED) is 0.0953. The second kappa shape index (κ2) is 20.1. The van der Waals surface area contributed by atoms with E-state index in [-0.39, 0.29) is 101 Å². The molecule has 0 bridgehead atoms. The van der Waals surface area contributed by atoms with Crippen LogP contribution in [0.25, 0.3) is 32.7 Å². The molecule has 0 saturated heterocycles. The third-order valence-corrected chi connectivity index (χ3v) is 14.7. The van der Waals surface area contributed by atoms with E-state index in [0.717, 1.165) is 21.5 Å². The van der Waals surface area contributed by atoms with E-state index in [0.29, 0.717) is 33.8 Å². The molecule has 2 amide bonds. The molecule has 4 heterocycles. The molecule has 10 rings (SSSR count). The first-order valence-electron chi connectivity index (χ1n) is 21.3. The van der Waals surface area contributed by atoms with Gasteiger partial charge in [0.1, 0.15) is 66.8 Å². The molecule has 20 heteroatoms. The van der Waals surface area contributed by atoms with Gasteiger partial charge in [-0.25, -0.2) is 16.8 Å². The number of benzene rings is 6. The van der Waals surface area contributed by atoms with Crippen LogP contribution in [0.4, 0.5) is 11.4 Å². The smallest absolute Gasteiger partial charge is 0.746 e. The minimum Gasteiger partial charge on any atom is -0.746 e. The Kier molecular flexibility index (Phi) is 14.8. The van der Waals surface area contributed by atoms with Crippen LogP contribution < -0.4 is 79.2 Å². The van der Waals surface area contributed by atoms with Gasteiger partial charge in [-0.1, -0.05) is 72.8 Å². The minimum absolute atomic E-state index is 0. The average molecular weight is 989 g/mol. The van der Waals surface area contributed by atoms with Crippen molar-refractivity contribution >= 4 is 76.1 Å². The van der Waals surface area contributed by atoms with E-state index >= 15 is 0 Å². The van der Waals surface area contributed by atoms with E-state index in [1.165, 1.54) is 60.7 Å². The van der Waals surface area contributed by atoms with Gasteiger partial charge in [0.05, 0.1) is 25.3 Å². The van der Waals surface area contributed by atoms with Gasteiger partial charge >= 0.3 is 59.1 Å². The number of nitrogens with zero attached hydrogens (tertiary/aromatic N) is 2. The van der Waals surface area contributed by atoms with Crippen LogP contribution in [0, 0.1) is 0 Å². The summed E-state index contributed by atoms with van der Waals surface area (Å²) in [7, 11) is -7.46. The molecule has 2 N–H and O–H groups in total. The molecule has 0 aliphatic carbocycles. The van der Waals surface area contributed by atoms with Crippen LogP contribution in [0.2, 0.25) is 0 Å². The predicted octanol–water partition coefficient (Wildman–Crippen LogP) is 0.204. The summed E-state index contributed by atoms with van der Waals surface area (Å²) in [5.41, 5.74) is 2.58. The second-order valence-electron chi connectivity index (χ2n) is 16.6. The molecule has 344 valence electrons. The van der Waals surface area contributed by atoms with E-state index in [1.807, 2.05) is 84.9 Å². The van der Waals surface area contributed by atoms with Crippen molar-refractivity contribution in [2.45, 2.75) is 41.5 Å². The molecule has 0 fully saturated rings. The Bertz CT molecular complexity index is 3080. The molecule has 0 aromatic heterocycles. The van der Waals surface area contributed by atoms with Crippen LogP contribution >= 0.6 is 0 Å². The molecular weight excluding hydrogens is 947 g/mol. The van der Waals surface area contributed by atoms with Crippen molar-refractivity contribution in [1.82, 2.24) is 9.80 Å². The molecule has 69 heavy (non-hydrogen) atoms. The number of carbonyl (C=O) groups excluding carboxylic acids is 2. The van der Waals surface area contributed by atoms with Crippen molar-refractivity contribution in [3.05, 3.63) is 156 Å². The molecular formula is C49H42N4Na2O12S2. The molecule has 16 nitrogen and oxygen atoms in total. The number of anilines is 2. The minimum atomic E-state index is -5.16. The van der Waals surface area contributed by atoms with Gasteiger partial charge in [-0.05, 0) is 87.6 Å². The normalized spacial score (nSPS) is 21.7. The van der Waals surface area contributed by atoms with Gasteiger partial charge in [0.25, 0.3) is 11.8 Å². The monoisotopic (exact) mass is 988 g/mol. The first-order valence-corrected chi connectivity index (χ1v) is 24.2. The van der Waals surface area contributed by atoms with E-state index < -0.39 is 67.1 Å². The molecule has 4 unspecified atom stereocenters. The SMILES string of the molecule is COc1ccc2c(c1)C(=O)N1C=C(c3ccc4ccccc4c3)C(OCCCOC3C(c4ccc5ccccc5c4)=CN4C(=O)c5cc(OC)ccc5NC(S(=O)(=O)[O-])[C@H]34)[C@H]1C(S(=O)(=O)[O-])N2.[Na+].[Na+]. The average Bonchev–Trinajstić information content (AvgIpc) is 3.81. The standard InChI is InChI=1S/C49H44N4O12S2.2Na/c1-62-34-16-18-40-36(24-34)48(54)52-26-38(32-14-12-28-8-3-5-10-30(28)22-32)44(42(52)46(50-40)66(56,57)58)64-20-7-21-65-45-39(33-15-13-29-9-4-6-11-31(29)23-33)27-53-43(45)47(67(59,60)61)51-41-19-17-35(63-2)25-37(41)49(53)55;;/h3-6,8-19,22-27,42-47,50-51H,7,20-21H2,1-2H3,(H,56,57,58)(H,59,60,61);;/q;2*+1/p-2/t42-,43-,44?,45?,46?,47?;;/m0../s1. The number of rotatable bonds is 12. The van der Waals surface area contributed by atoms with Gasteiger partial charge in [-0.15, -0.1) is 0 Å². The van der Waals surface area contributed by atoms with E-state index in [2.05, 4.69) is 10.6 Å². The number of nitrogens with one attached hydrogen (secondary N) is 2. The summed E-state index contributed by atoms with van der Waals surface area (Å²) in [5.74, 6) is -0.480. The van der Waals surface area contributed by atoms with Gasteiger partial charge < -0.3 is 48.5 Å². The predicted molar refractivity (Wildman–Crippen MR) is 248 cm³/mol. The van der Waals surface area contributed by atoms with E-state index in [9.17, 15) is 35.5 Å². The van der Waals surface area contributed by atoms with Crippen LogP contribution in [0.15, 0.2) is 134 Å². The Morgan fingerprint density at radius 2 is 0.928 bits per heavy atom. The van der Waals surface area contributed by atoms with Gasteiger partial charge in [0.15, 0.2) is 0 Å². The third-order valence-electron chi connectivity index (χ3n) is 12.7. The summed E-state index contributed by atoms with van der Waals surface area (Å²) in [6, 6.07) is 32.8. The fraction of sp³-hybridized carbons (Fsp3) is 0.224. The summed E-state index contributed by atoms with van der Waals surface area (Å²) in [6.45, 7) is -0.218. The Balaban J connectivity index is 0.00000321. The Hall–Kier alpha value is -4.80. The number of methoxy groups -OCH3 is 2. The Labute approximate surface area is 442 Å². The molecule has 4 aliphatic heterocycles. The number of amides is 2. The third kappa shape index (κ3) is 9.58. The summed E-state index contributed by atoms with van der Waals surface area (Å²) < 4.78 is 103. The molecule has 0 spiro atoms. The summed E-state index contributed by atoms with van der Waals surface area (Å²) in [5, 5.41) is 5.60. The van der Waals surface area contributed by atoms with Crippen molar-refractivity contribution < 1.29 is 114 Å². The molecule has 4 aliphatic rings. The fourth-order valence-electron chi connectivity index (χ4n) is 9.49. The van der Waals surface area contributed by atoms with Crippen LogP contribution in [0.5, 0.6) is 11.5 Å². The summed E-state index contributed by atoms with van der Waals surface area (Å²) >= 11 is 0. The van der Waals surface area contributed by atoms with Crippen LogP contribution in [0.3, 0.4) is 0 Å². The van der Waals surface area contributed by atoms with Gasteiger partial charge in [0, 0.05) is 48.1 Å². The topological polar surface area (TPSA) is 216 Å². The zero-order valence-electron chi connectivity index (χ0n) is 37.9. The molecule has 0 radical (unpaired) electrons. The number of fused-ring (bicyclic) bond motifs is 6. The first kappa shape index (κ1) is 50.6. The fourth-order valence-corrected chi connectivity index (χ4v) is 11.3. The first-order chi connectivity index (χ1) is 32.2. The molecule has 0 saturated carbocycles. The summed E-state index contributed by atoms with van der Waals surface area (Å²) in [4.78, 5) is 31.3. The van der Waals surface area contributed by atoms with Gasteiger partial charge in [0.2, 0.25) is 0 Å². The van der Waals surface area contributed by atoms with Crippen molar-refractivity contribution in [3.8, 4) is 11.5 Å². The Morgan fingerprint density at radius 1 is 0.536 bits per heavy atom. The maximum Gasteiger partial charge on any atom is 1.00 e. The Morgan fingerprint density at radius 3 is 1.30 bits per heavy atom. The zero-order chi connectivity index (χ0) is 46.8. The van der Waals surface area contributed by atoms with Crippen molar-refractivity contribution in [2.24, 2.45) is 0 Å². The van der Waals surface area contributed by atoms with Crippen molar-refractivity contribution in [1.29, 1.82) is 0 Å². The van der Waals surface area contributed by atoms with Gasteiger partial charge in [-0.2, -0.15) is 0 Å². The van der Waals surface area contributed by atoms with Crippen LogP contribution in [0.1, 0.15) is 38.3 Å². The molecule has 6 aromatic rings. The molecule has 6 atom stereocenters. The number of hydrogen-bond acceptors (Lipinski definition) is 14. The number of hydrogen-bond donors (Lipinski definition) is 2. The number of carbonyl (C=O) groups is 2. The van der Waals surface area contributed by atoms with Crippen molar-refractivity contribution in [2.75, 3.05) is 38.1 Å². The molecule has 6 aromatic carbocycles. The number of ether oxygens (including phenoxy) is 4. The van der Waals surface area contributed by atoms with Crippen LogP contribution in [-0.4, -0.2) is 110 Å².